The summed E-state index contributed by atoms with van der Waals surface area (Å²) in [5.74, 6) is 1.79. The smallest absolute Gasteiger partial charge is 0.340 e. The van der Waals surface area contributed by atoms with E-state index >= 15 is 0 Å². The van der Waals surface area contributed by atoms with Crippen LogP contribution in [0.3, 0.4) is 0 Å². The summed E-state index contributed by atoms with van der Waals surface area (Å²) in [6.45, 7) is 28.3. The third-order valence-electron chi connectivity index (χ3n) is 19.6. The Kier molecular flexibility index (Phi) is 14.8. The van der Waals surface area contributed by atoms with Crippen LogP contribution in [-0.4, -0.2) is 38.1 Å². The van der Waals surface area contributed by atoms with Gasteiger partial charge in [-0.25, -0.2) is 9.59 Å². The van der Waals surface area contributed by atoms with Crippen molar-refractivity contribution >= 4 is 57.4 Å². The van der Waals surface area contributed by atoms with E-state index in [1.807, 2.05) is 60.7 Å². The predicted molar refractivity (Wildman–Crippen MR) is 371 cm³/mol. The van der Waals surface area contributed by atoms with Crippen molar-refractivity contribution in [1.82, 2.24) is 0 Å². The summed E-state index contributed by atoms with van der Waals surface area (Å²) in [6, 6.07) is 71.0. The quantitative estimate of drug-likeness (QED) is 0.0649. The molecule has 0 N–H and O–H groups in total. The highest BCUT2D eigenvalue weighted by Crippen LogP contribution is 2.60. The number of esters is 2. The number of fused-ring (bicyclic) bond motifs is 12. The summed E-state index contributed by atoms with van der Waals surface area (Å²) in [4.78, 5) is 37.3. The van der Waals surface area contributed by atoms with Crippen LogP contribution in [-0.2, 0) is 26.1 Å². The van der Waals surface area contributed by atoms with E-state index in [0.29, 0.717) is 47.2 Å². The lowest BCUT2D eigenvalue weighted by molar-refractivity contribution is 0.0214. The Hall–Kier alpha value is -10.6. The van der Waals surface area contributed by atoms with Crippen LogP contribution < -0.4 is 29.1 Å². The number of nitrogens with zero attached hydrogens (tertiary/aromatic N) is 4. The van der Waals surface area contributed by atoms with Crippen molar-refractivity contribution in [2.75, 3.05) is 45.8 Å². The summed E-state index contributed by atoms with van der Waals surface area (Å²) in [5, 5.41) is 0. The average Bonchev–Trinajstić information content (AvgIpc) is 1.43. The van der Waals surface area contributed by atoms with Gasteiger partial charge in [0.25, 0.3) is 0 Å². The van der Waals surface area contributed by atoms with Crippen LogP contribution in [0.5, 0.6) is 23.0 Å². The maximum absolute atomic E-state index is 14.1. The van der Waals surface area contributed by atoms with Crippen LogP contribution in [0.25, 0.3) is 0 Å². The Morgan fingerprint density at radius 3 is 1.14 bits per heavy atom. The molecule has 92 heavy (non-hydrogen) atoms. The van der Waals surface area contributed by atoms with Gasteiger partial charge in [-0.3, -0.25) is 0 Å². The van der Waals surface area contributed by atoms with Gasteiger partial charge in [0.15, 0.2) is 11.2 Å². The van der Waals surface area contributed by atoms with Crippen LogP contribution in [0.1, 0.15) is 122 Å². The summed E-state index contributed by atoms with van der Waals surface area (Å²) >= 11 is 0. The fourth-order valence-corrected chi connectivity index (χ4v) is 14.8. The molecule has 0 radical (unpaired) electrons. The van der Waals surface area contributed by atoms with Crippen LogP contribution in [0.4, 0.5) is 45.5 Å². The summed E-state index contributed by atoms with van der Waals surface area (Å²) in [7, 11) is 0. The van der Waals surface area contributed by atoms with Gasteiger partial charge in [0.2, 0.25) is 0 Å². The number of benzene rings is 10. The first-order valence-corrected chi connectivity index (χ1v) is 31.9. The minimum Gasteiger partial charge on any atom is -0.456 e. The van der Waals surface area contributed by atoms with Gasteiger partial charge in [0.1, 0.15) is 23.0 Å². The molecule has 0 aromatic heterocycles. The molecule has 4 heterocycles. The van der Waals surface area contributed by atoms with E-state index in [9.17, 15) is 9.59 Å². The fraction of sp³-hybridized carbons (Fsp3) is 0.195. The molecule has 10 aromatic carbocycles. The number of para-hydroxylation sites is 2. The topological polar surface area (TPSA) is 84.0 Å². The third-order valence-corrected chi connectivity index (χ3v) is 19.6. The molecule has 0 amide bonds. The molecule has 10 aromatic rings. The third kappa shape index (κ3) is 9.20. The molecular formula is C82H74N4O6. The fourth-order valence-electron chi connectivity index (χ4n) is 14.8. The molecule has 2 spiro atoms. The van der Waals surface area contributed by atoms with Crippen molar-refractivity contribution in [3.63, 3.8) is 0 Å². The van der Waals surface area contributed by atoms with Gasteiger partial charge in [-0.2, -0.15) is 0 Å². The minimum atomic E-state index is -1.27. The Morgan fingerprint density at radius 1 is 0.391 bits per heavy atom. The second kappa shape index (κ2) is 23.0. The monoisotopic (exact) mass is 1210 g/mol. The normalized spacial score (nSPS) is 16.7. The number of ether oxygens (including phenoxy) is 4. The Labute approximate surface area is 539 Å². The van der Waals surface area contributed by atoms with Gasteiger partial charge in [-0.1, -0.05) is 123 Å². The maximum Gasteiger partial charge on any atom is 0.340 e. The molecule has 0 bridgehead atoms. The first-order chi connectivity index (χ1) is 44.7. The molecule has 2 unspecified atom stereocenters. The number of anilines is 8. The summed E-state index contributed by atoms with van der Waals surface area (Å²) < 4.78 is 27.4. The Balaban J connectivity index is 0.783. The highest BCUT2D eigenvalue weighted by molar-refractivity contribution is 5.98. The summed E-state index contributed by atoms with van der Waals surface area (Å²) in [6.07, 6.45) is 4.68. The van der Waals surface area contributed by atoms with E-state index in [1.165, 1.54) is 22.3 Å². The second-order valence-corrected chi connectivity index (χ2v) is 24.7. The molecule has 0 saturated carbocycles. The van der Waals surface area contributed by atoms with Gasteiger partial charge in [0, 0.05) is 123 Å². The zero-order valence-electron chi connectivity index (χ0n) is 53.5. The number of hydrogen-bond acceptors (Lipinski definition) is 10. The van der Waals surface area contributed by atoms with E-state index in [-0.39, 0.29) is 17.4 Å². The molecule has 4 aliphatic heterocycles. The predicted octanol–water partition coefficient (Wildman–Crippen LogP) is 19.7. The summed E-state index contributed by atoms with van der Waals surface area (Å²) in [5.41, 5.74) is 17.5. The van der Waals surface area contributed by atoms with Crippen LogP contribution in [0.15, 0.2) is 232 Å². The van der Waals surface area contributed by atoms with E-state index in [2.05, 4.69) is 246 Å². The number of carbonyl (C=O) groups is 2. The Bertz CT molecular complexity index is 4340. The first kappa shape index (κ1) is 59.1. The van der Waals surface area contributed by atoms with Crippen LogP contribution >= 0.6 is 0 Å². The van der Waals surface area contributed by atoms with Crippen molar-refractivity contribution in [1.29, 1.82) is 0 Å². The molecule has 2 atom stereocenters. The lowest BCUT2D eigenvalue weighted by Crippen LogP contribution is -2.34. The van der Waals surface area contributed by atoms with Gasteiger partial charge in [0.05, 0.1) is 11.1 Å². The number of aryl methyl sites for hydroxylation is 4. The minimum absolute atomic E-state index is 0.358. The molecule has 10 heteroatoms. The molecule has 458 valence electrons. The first-order valence-electron chi connectivity index (χ1n) is 31.9. The van der Waals surface area contributed by atoms with Crippen molar-refractivity contribution in [2.24, 2.45) is 0 Å². The SMILES string of the molecule is C=CCN(c1ccc(C(C)(CC)c2ccc(N(CC=C)c3cc4c(cc3C)Oc3cc(N(CC)c5ccccc5C)ccc3C43OC(=O)c4ccccc43)cc2)cc1)c1cc2c(cc1C)Oc1cc(N(CC)c3ccccc3C)ccc1C21OC(=O)c2ccccc21. The van der Waals surface area contributed by atoms with Crippen molar-refractivity contribution in [3.05, 3.63) is 309 Å². The molecule has 10 nitrogen and oxygen atoms in total. The van der Waals surface area contributed by atoms with Crippen molar-refractivity contribution < 1.29 is 28.5 Å². The molecule has 0 aliphatic carbocycles. The lowest BCUT2D eigenvalue weighted by atomic mass is 9.74. The van der Waals surface area contributed by atoms with Crippen LogP contribution in [0.2, 0.25) is 0 Å². The lowest BCUT2D eigenvalue weighted by Gasteiger charge is -2.39. The molecular weight excluding hydrogens is 1140 g/mol. The van der Waals surface area contributed by atoms with Gasteiger partial charge < -0.3 is 38.5 Å². The van der Waals surface area contributed by atoms with Gasteiger partial charge >= 0.3 is 11.9 Å². The molecule has 0 saturated heterocycles. The standard InChI is InChI=1S/C82H74N4O6/c1-11-44-85(72-50-68-74(46-54(72)8)89-76-48-60(83(14-4)70-30-22-16-24-52(70)6)40-42-66(76)81(68)64-28-20-18-26-62(64)78(87)91-81)58-36-32-56(33-37-58)80(10,13-3)57-34-38-59(39-35-57)86(45-12-2)73-51-69-75(47-55(73)9)90-77-49-61(84(15-5)71-31-23-17-25-53(71)7)41-43-67(77)82(69)65-29-21-19-27-63(65)79(88)92-82/h11-12,16-43,46-51H,1-2,13-15,44-45H2,3-10H3. The molecule has 0 fully saturated rings. The van der Waals surface area contributed by atoms with Crippen molar-refractivity contribution in [3.8, 4) is 23.0 Å². The second-order valence-electron chi connectivity index (χ2n) is 24.7. The zero-order valence-corrected chi connectivity index (χ0v) is 53.5. The highest BCUT2D eigenvalue weighted by Gasteiger charge is 2.56. The average molecular weight is 1210 g/mol. The van der Waals surface area contributed by atoms with E-state index < -0.39 is 11.2 Å². The van der Waals surface area contributed by atoms with Gasteiger partial charge in [-0.05, 0) is 178 Å². The number of hydrogen-bond donors (Lipinski definition) is 0. The maximum atomic E-state index is 14.1. The largest absolute Gasteiger partial charge is 0.456 e. The van der Waals surface area contributed by atoms with E-state index in [4.69, 9.17) is 18.9 Å². The zero-order chi connectivity index (χ0) is 63.8. The highest BCUT2D eigenvalue weighted by atomic mass is 16.6. The van der Waals surface area contributed by atoms with E-state index in [0.717, 1.165) is 110 Å². The van der Waals surface area contributed by atoms with E-state index in [1.54, 1.807) is 0 Å². The molecule has 14 rings (SSSR count). The molecule has 4 aliphatic rings. The van der Waals surface area contributed by atoms with Crippen LogP contribution in [0, 0.1) is 27.7 Å². The van der Waals surface area contributed by atoms with Gasteiger partial charge in [-0.15, -0.1) is 13.2 Å². The Morgan fingerprint density at radius 2 is 0.761 bits per heavy atom. The number of carbonyl (C=O) groups excluding carboxylic acids is 2. The number of rotatable bonds is 17. The van der Waals surface area contributed by atoms with Crippen molar-refractivity contribution in [2.45, 2.75) is 78.4 Å².